The number of hydrogen-bond acceptors (Lipinski definition) is 5. The number of aryl methyl sites for hydroxylation is 1. The smallest absolute Gasteiger partial charge is 0.230 e. The molecule has 90 valence electrons. The van der Waals surface area contributed by atoms with Gasteiger partial charge in [0.15, 0.2) is 5.65 Å². The Morgan fingerprint density at radius 2 is 2.35 bits per heavy atom. The molecule has 2 rings (SSSR count). The van der Waals surface area contributed by atoms with Gasteiger partial charge in [-0.1, -0.05) is 11.8 Å². The van der Waals surface area contributed by atoms with Crippen LogP contribution in [0.1, 0.15) is 6.92 Å². The van der Waals surface area contributed by atoms with Crippen LogP contribution in [0.4, 0.5) is 0 Å². The Balaban J connectivity index is 2.16. The van der Waals surface area contributed by atoms with E-state index in [2.05, 4.69) is 20.4 Å². The molecule has 0 aromatic carbocycles. The molecule has 2 heterocycles. The molecule has 0 fully saturated rings. The van der Waals surface area contributed by atoms with Gasteiger partial charge in [-0.05, 0) is 6.92 Å². The Bertz CT molecular complexity index is 538. The Kier molecular flexibility index (Phi) is 3.58. The van der Waals surface area contributed by atoms with E-state index in [9.17, 15) is 4.79 Å². The van der Waals surface area contributed by atoms with Gasteiger partial charge in [0.1, 0.15) is 11.4 Å². The fourth-order valence-corrected chi connectivity index (χ4v) is 2.23. The summed E-state index contributed by atoms with van der Waals surface area (Å²) >= 11 is 1.39. The second-order valence-corrected chi connectivity index (χ2v) is 4.39. The Hall–Kier alpha value is -1.63. The van der Waals surface area contributed by atoms with Crippen molar-refractivity contribution in [3.8, 4) is 0 Å². The van der Waals surface area contributed by atoms with Crippen LogP contribution >= 0.6 is 11.8 Å². The third kappa shape index (κ3) is 2.55. The Labute approximate surface area is 103 Å². The van der Waals surface area contributed by atoms with Crippen molar-refractivity contribution in [2.75, 3.05) is 12.3 Å². The maximum absolute atomic E-state index is 11.4. The quantitative estimate of drug-likeness (QED) is 0.636. The minimum Gasteiger partial charge on any atom is -0.356 e. The van der Waals surface area contributed by atoms with Crippen molar-refractivity contribution in [2.45, 2.75) is 11.9 Å². The fraction of sp³-hybridized carbons (Fsp3) is 0.400. The van der Waals surface area contributed by atoms with Crippen molar-refractivity contribution in [1.82, 2.24) is 25.1 Å². The number of carbonyl (C=O) groups is 1. The third-order valence-corrected chi connectivity index (χ3v) is 3.21. The Morgan fingerprint density at radius 3 is 3.12 bits per heavy atom. The molecule has 0 aliphatic carbocycles. The summed E-state index contributed by atoms with van der Waals surface area (Å²) in [5.74, 6) is 0.364. The largest absolute Gasteiger partial charge is 0.356 e. The molecule has 0 atom stereocenters. The highest BCUT2D eigenvalue weighted by molar-refractivity contribution is 8.00. The van der Waals surface area contributed by atoms with Crippen molar-refractivity contribution < 1.29 is 4.79 Å². The summed E-state index contributed by atoms with van der Waals surface area (Å²) in [5.41, 5.74) is 0.776. The van der Waals surface area contributed by atoms with E-state index in [-0.39, 0.29) is 5.91 Å². The van der Waals surface area contributed by atoms with Crippen LogP contribution in [0.25, 0.3) is 11.0 Å². The predicted octanol–water partition coefficient (Wildman–Crippen LogP) is 0.591. The maximum atomic E-state index is 11.4. The van der Waals surface area contributed by atoms with Gasteiger partial charge in [0, 0.05) is 13.6 Å². The van der Waals surface area contributed by atoms with Crippen LogP contribution in [-0.2, 0) is 11.8 Å². The first kappa shape index (κ1) is 11.8. The standard InChI is InChI=1S/C10H13N5OS/c1-3-11-8(16)5-17-10-7-4-14-15(2)9(7)12-6-13-10/h4,6H,3,5H2,1-2H3,(H,11,16). The molecule has 2 aromatic heterocycles. The summed E-state index contributed by atoms with van der Waals surface area (Å²) in [4.78, 5) is 19.7. The third-order valence-electron chi connectivity index (χ3n) is 2.21. The van der Waals surface area contributed by atoms with Gasteiger partial charge in [-0.15, -0.1) is 0 Å². The zero-order valence-electron chi connectivity index (χ0n) is 9.67. The number of rotatable bonds is 4. The van der Waals surface area contributed by atoms with Gasteiger partial charge >= 0.3 is 0 Å². The van der Waals surface area contributed by atoms with Crippen LogP contribution in [0.15, 0.2) is 17.6 Å². The lowest BCUT2D eigenvalue weighted by Crippen LogP contribution is -2.24. The molecule has 0 radical (unpaired) electrons. The zero-order valence-corrected chi connectivity index (χ0v) is 10.5. The Morgan fingerprint density at radius 1 is 1.53 bits per heavy atom. The summed E-state index contributed by atoms with van der Waals surface area (Å²) < 4.78 is 1.69. The van der Waals surface area contributed by atoms with Crippen molar-refractivity contribution in [3.63, 3.8) is 0 Å². The molecule has 0 saturated heterocycles. The minimum absolute atomic E-state index is 0.00755. The normalized spacial score (nSPS) is 10.7. The average Bonchev–Trinajstić information content (AvgIpc) is 2.70. The summed E-state index contributed by atoms with van der Waals surface area (Å²) in [6.07, 6.45) is 3.21. The highest BCUT2D eigenvalue weighted by Gasteiger charge is 2.09. The molecule has 0 unspecified atom stereocenters. The van der Waals surface area contributed by atoms with E-state index < -0.39 is 0 Å². The highest BCUT2D eigenvalue weighted by atomic mass is 32.2. The van der Waals surface area contributed by atoms with Crippen molar-refractivity contribution in [3.05, 3.63) is 12.5 Å². The second kappa shape index (κ2) is 5.13. The van der Waals surface area contributed by atoms with E-state index in [1.807, 2.05) is 14.0 Å². The van der Waals surface area contributed by atoms with Gasteiger partial charge in [0.05, 0.1) is 17.3 Å². The SMILES string of the molecule is CCNC(=O)CSc1ncnc2c1cnn2C. The fourth-order valence-electron chi connectivity index (χ4n) is 1.44. The molecule has 0 aliphatic rings. The minimum atomic E-state index is 0.00755. The molecule has 1 amide bonds. The monoisotopic (exact) mass is 251 g/mol. The number of thioether (sulfide) groups is 1. The van der Waals surface area contributed by atoms with Gasteiger partial charge in [-0.3, -0.25) is 9.48 Å². The average molecular weight is 251 g/mol. The molecular weight excluding hydrogens is 238 g/mol. The van der Waals surface area contributed by atoms with Crippen molar-refractivity contribution in [1.29, 1.82) is 0 Å². The van der Waals surface area contributed by atoms with Gasteiger partial charge in [-0.2, -0.15) is 5.10 Å². The second-order valence-electron chi connectivity index (χ2n) is 3.43. The first-order valence-corrected chi connectivity index (χ1v) is 6.23. The molecule has 1 N–H and O–H groups in total. The van der Waals surface area contributed by atoms with E-state index in [1.165, 1.54) is 18.1 Å². The molecule has 2 aromatic rings. The zero-order chi connectivity index (χ0) is 12.3. The lowest BCUT2D eigenvalue weighted by atomic mass is 10.4. The first-order chi connectivity index (χ1) is 8.22. The molecule has 6 nitrogen and oxygen atoms in total. The number of nitrogens with one attached hydrogen (secondary N) is 1. The summed E-state index contributed by atoms with van der Waals surface area (Å²) in [7, 11) is 1.83. The number of nitrogens with zero attached hydrogens (tertiary/aromatic N) is 4. The lowest BCUT2D eigenvalue weighted by molar-refractivity contribution is -0.118. The molecule has 0 spiro atoms. The number of hydrogen-bond donors (Lipinski definition) is 1. The van der Waals surface area contributed by atoms with E-state index in [4.69, 9.17) is 0 Å². The van der Waals surface area contributed by atoms with Crippen LogP contribution in [-0.4, -0.2) is 38.0 Å². The van der Waals surface area contributed by atoms with Gasteiger partial charge in [0.2, 0.25) is 5.91 Å². The topological polar surface area (TPSA) is 72.7 Å². The summed E-state index contributed by atoms with van der Waals surface area (Å²) in [5, 5.41) is 8.53. The summed E-state index contributed by atoms with van der Waals surface area (Å²) in [6.45, 7) is 2.54. The van der Waals surface area contributed by atoms with Gasteiger partial charge < -0.3 is 5.32 Å². The van der Waals surface area contributed by atoms with Crippen LogP contribution < -0.4 is 5.32 Å². The number of aromatic nitrogens is 4. The molecule has 17 heavy (non-hydrogen) atoms. The predicted molar refractivity (Wildman–Crippen MR) is 65.7 cm³/mol. The van der Waals surface area contributed by atoms with Crippen LogP contribution in [0.5, 0.6) is 0 Å². The van der Waals surface area contributed by atoms with Crippen LogP contribution in [0, 0.1) is 0 Å². The molecular formula is C10H13N5OS. The first-order valence-electron chi connectivity index (χ1n) is 5.24. The lowest BCUT2D eigenvalue weighted by Gasteiger charge is -2.02. The van der Waals surface area contributed by atoms with E-state index in [0.29, 0.717) is 12.3 Å². The number of carbonyl (C=O) groups excluding carboxylic acids is 1. The number of amides is 1. The number of fused-ring (bicyclic) bond motifs is 1. The molecule has 0 bridgehead atoms. The van der Waals surface area contributed by atoms with E-state index in [1.54, 1.807) is 10.9 Å². The van der Waals surface area contributed by atoms with Crippen molar-refractivity contribution in [2.24, 2.45) is 7.05 Å². The highest BCUT2D eigenvalue weighted by Crippen LogP contribution is 2.23. The van der Waals surface area contributed by atoms with Gasteiger partial charge in [0.25, 0.3) is 0 Å². The van der Waals surface area contributed by atoms with Gasteiger partial charge in [-0.25, -0.2) is 9.97 Å². The van der Waals surface area contributed by atoms with Crippen LogP contribution in [0.3, 0.4) is 0 Å². The molecule has 7 heteroatoms. The van der Waals surface area contributed by atoms with Crippen LogP contribution in [0.2, 0.25) is 0 Å². The maximum Gasteiger partial charge on any atom is 0.230 e. The van der Waals surface area contributed by atoms with E-state index in [0.717, 1.165) is 16.1 Å². The van der Waals surface area contributed by atoms with Crippen molar-refractivity contribution >= 4 is 28.7 Å². The van der Waals surface area contributed by atoms with E-state index >= 15 is 0 Å². The summed E-state index contributed by atoms with van der Waals surface area (Å²) in [6, 6.07) is 0. The molecule has 0 aliphatic heterocycles. The molecule has 0 saturated carbocycles.